The molecule has 0 saturated carbocycles. The molecule has 1 aliphatic rings. The zero-order chi connectivity index (χ0) is 15.1. The number of aliphatic hydroxyl groups is 1. The Morgan fingerprint density at radius 1 is 1.45 bits per heavy atom. The molecule has 2 rings (SSSR count). The van der Waals surface area contributed by atoms with Crippen LogP contribution in [-0.2, 0) is 0 Å². The van der Waals surface area contributed by atoms with Crippen molar-refractivity contribution in [1.29, 1.82) is 0 Å². The number of carbonyl (C=O) groups is 1. The quantitative estimate of drug-likeness (QED) is 0.860. The summed E-state index contributed by atoms with van der Waals surface area (Å²) in [6, 6.07) is 3.06. The summed E-state index contributed by atoms with van der Waals surface area (Å²) >= 11 is 0. The van der Waals surface area contributed by atoms with Crippen molar-refractivity contribution in [2.24, 2.45) is 0 Å². The van der Waals surface area contributed by atoms with E-state index < -0.39 is 11.6 Å². The Bertz CT molecular complexity index is 575. The van der Waals surface area contributed by atoms with Gasteiger partial charge in [0.05, 0.1) is 11.6 Å². The van der Waals surface area contributed by atoms with Crippen LogP contribution in [0.2, 0.25) is 0 Å². The highest BCUT2D eigenvalue weighted by molar-refractivity contribution is 5.95. The fourth-order valence-electron chi connectivity index (χ4n) is 2.59. The van der Waals surface area contributed by atoms with Gasteiger partial charge in [0, 0.05) is 23.9 Å². The van der Waals surface area contributed by atoms with Crippen molar-refractivity contribution in [3.05, 3.63) is 33.7 Å². The maximum absolute atomic E-state index is 12.6. The summed E-state index contributed by atoms with van der Waals surface area (Å²) in [7, 11) is 0. The molecule has 0 aliphatic carbocycles. The molecule has 1 unspecified atom stereocenters. The van der Waals surface area contributed by atoms with Gasteiger partial charge in [0.2, 0.25) is 5.56 Å². The molecule has 1 aromatic heterocycles. The van der Waals surface area contributed by atoms with Gasteiger partial charge in [0.15, 0.2) is 0 Å². The number of hydrogen-bond donors (Lipinski definition) is 2. The van der Waals surface area contributed by atoms with Crippen LogP contribution in [-0.4, -0.2) is 39.1 Å². The lowest BCUT2D eigenvalue weighted by Crippen LogP contribution is -2.48. The summed E-state index contributed by atoms with van der Waals surface area (Å²) < 4.78 is 0. The van der Waals surface area contributed by atoms with E-state index in [1.807, 2.05) is 27.7 Å². The number of rotatable bonds is 2. The zero-order valence-electron chi connectivity index (χ0n) is 12.4. The molecule has 5 heteroatoms. The second kappa shape index (κ2) is 5.05. The Balaban J connectivity index is 2.37. The molecule has 1 amide bonds. The molecule has 0 spiro atoms. The Hall–Kier alpha value is -1.62. The second-order valence-corrected chi connectivity index (χ2v) is 6.26. The number of nitrogens with zero attached hydrogens (tertiary/aromatic N) is 1. The van der Waals surface area contributed by atoms with E-state index in [1.165, 1.54) is 6.07 Å². The van der Waals surface area contributed by atoms with Crippen LogP contribution >= 0.6 is 0 Å². The molecule has 1 aromatic rings. The summed E-state index contributed by atoms with van der Waals surface area (Å²) in [5.74, 6) is -0.0489. The van der Waals surface area contributed by atoms with Crippen LogP contribution in [0.15, 0.2) is 16.9 Å². The second-order valence-electron chi connectivity index (χ2n) is 6.26. The van der Waals surface area contributed by atoms with Gasteiger partial charge in [0.1, 0.15) is 0 Å². The third kappa shape index (κ3) is 2.50. The molecule has 1 saturated heterocycles. The van der Waals surface area contributed by atoms with Gasteiger partial charge >= 0.3 is 0 Å². The first-order valence-corrected chi connectivity index (χ1v) is 6.97. The van der Waals surface area contributed by atoms with E-state index in [0.29, 0.717) is 18.5 Å². The minimum absolute atomic E-state index is 0.146. The number of aliphatic hydroxyl groups excluding tert-OH is 1. The minimum Gasteiger partial charge on any atom is -0.391 e. The average Bonchev–Trinajstić information content (AvgIpc) is 2.62. The molecule has 0 radical (unpaired) electrons. The lowest BCUT2D eigenvalue weighted by Gasteiger charge is -2.33. The molecule has 0 bridgehead atoms. The van der Waals surface area contributed by atoms with Crippen molar-refractivity contribution in [1.82, 2.24) is 9.88 Å². The maximum atomic E-state index is 12.6. The minimum atomic E-state index is -0.600. The van der Waals surface area contributed by atoms with Crippen molar-refractivity contribution >= 4 is 5.91 Å². The Kier molecular flexibility index (Phi) is 3.73. The van der Waals surface area contributed by atoms with Gasteiger partial charge in [-0.2, -0.15) is 0 Å². The zero-order valence-corrected chi connectivity index (χ0v) is 12.4. The predicted octanol–water partition coefficient (Wildman–Crippen LogP) is 1.48. The Morgan fingerprint density at radius 3 is 2.60 bits per heavy atom. The van der Waals surface area contributed by atoms with E-state index in [4.69, 9.17) is 0 Å². The first kappa shape index (κ1) is 14.8. The van der Waals surface area contributed by atoms with Gasteiger partial charge < -0.3 is 15.0 Å². The predicted molar refractivity (Wildman–Crippen MR) is 76.9 cm³/mol. The molecule has 1 aliphatic heterocycles. The molecule has 2 N–H and O–H groups in total. The molecule has 0 aromatic carbocycles. The van der Waals surface area contributed by atoms with E-state index in [-0.39, 0.29) is 17.4 Å². The first-order chi connectivity index (χ1) is 9.23. The third-order valence-electron chi connectivity index (χ3n) is 4.12. The summed E-state index contributed by atoms with van der Waals surface area (Å²) in [4.78, 5) is 28.7. The monoisotopic (exact) mass is 278 g/mol. The lowest BCUT2D eigenvalue weighted by molar-refractivity contribution is 0.0394. The van der Waals surface area contributed by atoms with Crippen molar-refractivity contribution in [3.63, 3.8) is 0 Å². The van der Waals surface area contributed by atoms with E-state index in [0.717, 1.165) is 5.69 Å². The number of likely N-dealkylation sites (tertiary alicyclic amines) is 1. The van der Waals surface area contributed by atoms with Crippen LogP contribution in [0.4, 0.5) is 0 Å². The fourth-order valence-corrected chi connectivity index (χ4v) is 2.59. The summed E-state index contributed by atoms with van der Waals surface area (Å²) in [6.45, 7) is 8.13. The van der Waals surface area contributed by atoms with Crippen LogP contribution in [0, 0.1) is 0 Å². The highest BCUT2D eigenvalue weighted by atomic mass is 16.3. The van der Waals surface area contributed by atoms with Crippen LogP contribution in [0.5, 0.6) is 0 Å². The number of nitrogens with one attached hydrogen (secondary N) is 1. The molecule has 1 fully saturated rings. The molecule has 2 heterocycles. The highest BCUT2D eigenvalue weighted by Gasteiger charge is 2.43. The number of carbonyl (C=O) groups excluding carboxylic acids is 1. The van der Waals surface area contributed by atoms with Gasteiger partial charge in [-0.1, -0.05) is 13.8 Å². The van der Waals surface area contributed by atoms with Crippen LogP contribution in [0.3, 0.4) is 0 Å². The topological polar surface area (TPSA) is 73.4 Å². The van der Waals surface area contributed by atoms with E-state index >= 15 is 0 Å². The first-order valence-electron chi connectivity index (χ1n) is 6.97. The number of amides is 1. The summed E-state index contributed by atoms with van der Waals surface area (Å²) in [5, 5.41) is 9.96. The van der Waals surface area contributed by atoms with E-state index in [2.05, 4.69) is 4.98 Å². The molecule has 110 valence electrons. The lowest BCUT2D eigenvalue weighted by atomic mass is 9.98. The highest BCUT2D eigenvalue weighted by Crippen LogP contribution is 2.30. The molecular weight excluding hydrogens is 256 g/mol. The smallest absolute Gasteiger partial charge is 0.254 e. The summed E-state index contributed by atoms with van der Waals surface area (Å²) in [5.41, 5.74) is 0.271. The number of hydrogen-bond acceptors (Lipinski definition) is 3. The number of pyridine rings is 1. The normalized spacial score (nSPS) is 21.5. The van der Waals surface area contributed by atoms with Crippen molar-refractivity contribution in [2.45, 2.75) is 51.7 Å². The van der Waals surface area contributed by atoms with E-state index in [1.54, 1.807) is 11.0 Å². The standard InChI is InChI=1S/C15H22N2O3/c1-9(2)11-7-10(8-13(19)16-11)14(20)17-6-5-12(18)15(17,3)4/h7-9,12,18H,5-6H2,1-4H3,(H,16,19). The van der Waals surface area contributed by atoms with Crippen molar-refractivity contribution < 1.29 is 9.90 Å². The van der Waals surface area contributed by atoms with Crippen molar-refractivity contribution in [3.8, 4) is 0 Å². The third-order valence-corrected chi connectivity index (χ3v) is 4.12. The van der Waals surface area contributed by atoms with Crippen LogP contribution in [0.25, 0.3) is 0 Å². The molecular formula is C15H22N2O3. The molecule has 5 nitrogen and oxygen atoms in total. The Morgan fingerprint density at radius 2 is 2.10 bits per heavy atom. The largest absolute Gasteiger partial charge is 0.391 e. The number of H-pyrrole nitrogens is 1. The average molecular weight is 278 g/mol. The van der Waals surface area contributed by atoms with Gasteiger partial charge in [-0.15, -0.1) is 0 Å². The number of aromatic amines is 1. The maximum Gasteiger partial charge on any atom is 0.254 e. The van der Waals surface area contributed by atoms with Gasteiger partial charge in [-0.25, -0.2) is 0 Å². The SMILES string of the molecule is CC(C)c1cc(C(=O)N2CCC(O)C2(C)C)cc(=O)[nH]1. The fraction of sp³-hybridized carbons (Fsp3) is 0.600. The summed E-state index contributed by atoms with van der Waals surface area (Å²) in [6.07, 6.45) is 0.0388. The number of aromatic nitrogens is 1. The Labute approximate surface area is 118 Å². The van der Waals surface area contributed by atoms with E-state index in [9.17, 15) is 14.7 Å². The van der Waals surface area contributed by atoms with Gasteiger partial charge in [-0.3, -0.25) is 9.59 Å². The van der Waals surface area contributed by atoms with Gasteiger partial charge in [0.25, 0.3) is 5.91 Å². The van der Waals surface area contributed by atoms with Gasteiger partial charge in [-0.05, 0) is 32.3 Å². The molecule has 20 heavy (non-hydrogen) atoms. The van der Waals surface area contributed by atoms with Crippen molar-refractivity contribution in [2.75, 3.05) is 6.54 Å². The van der Waals surface area contributed by atoms with Crippen LogP contribution in [0.1, 0.15) is 56.1 Å². The van der Waals surface area contributed by atoms with Crippen LogP contribution < -0.4 is 5.56 Å². The molecule has 1 atom stereocenters.